The first kappa shape index (κ1) is 18.0. The van der Waals surface area contributed by atoms with Gasteiger partial charge in [0, 0.05) is 0 Å². The lowest BCUT2D eigenvalue weighted by atomic mass is 9.97. The van der Waals surface area contributed by atoms with Crippen LogP contribution in [0.2, 0.25) is 0 Å². The highest BCUT2D eigenvalue weighted by Gasteiger charge is 2.21. The van der Waals surface area contributed by atoms with E-state index in [-0.39, 0.29) is 5.82 Å². The highest BCUT2D eigenvalue weighted by atomic mass is 32.1. The molecule has 0 radical (unpaired) electrons. The second-order valence-electron chi connectivity index (χ2n) is 5.66. The van der Waals surface area contributed by atoms with Gasteiger partial charge in [-0.1, -0.05) is 48.6 Å². The molecule has 3 rings (SSSR count). The topological polar surface area (TPSA) is 68.3 Å². The van der Waals surface area contributed by atoms with Crippen molar-refractivity contribution in [2.75, 3.05) is 11.9 Å². The molecule has 1 amide bonds. The minimum Gasteiger partial charge on any atom is -0.455 e. The standard InChI is InChI=1S/C19H17FN2O3S/c1-2-14(12-6-4-3-5-7-12)18(24)25-11-17(23)22-19-21-15-9-8-13(20)10-16(15)26-19/h3-10,14H,2,11H2,1H3,(H,21,22,23)/t14-/m1/s1. The van der Waals surface area contributed by atoms with Crippen LogP contribution in [0.4, 0.5) is 9.52 Å². The van der Waals surface area contributed by atoms with Gasteiger partial charge in [-0.05, 0) is 30.2 Å². The molecule has 3 aromatic rings. The van der Waals surface area contributed by atoms with Gasteiger partial charge in [-0.2, -0.15) is 0 Å². The van der Waals surface area contributed by atoms with Crippen LogP contribution in [-0.2, 0) is 14.3 Å². The summed E-state index contributed by atoms with van der Waals surface area (Å²) in [7, 11) is 0. The predicted octanol–water partition coefficient (Wildman–Crippen LogP) is 4.11. The zero-order valence-corrected chi connectivity index (χ0v) is 14.9. The average molecular weight is 372 g/mol. The number of hydrogen-bond donors (Lipinski definition) is 1. The highest BCUT2D eigenvalue weighted by Crippen LogP contribution is 2.26. The van der Waals surface area contributed by atoms with E-state index < -0.39 is 24.4 Å². The lowest BCUT2D eigenvalue weighted by molar-refractivity contribution is -0.149. The van der Waals surface area contributed by atoms with Gasteiger partial charge >= 0.3 is 5.97 Å². The van der Waals surface area contributed by atoms with Gasteiger partial charge in [-0.15, -0.1) is 0 Å². The number of carbonyl (C=O) groups is 2. The van der Waals surface area contributed by atoms with E-state index in [0.717, 1.165) is 16.9 Å². The van der Waals surface area contributed by atoms with E-state index in [2.05, 4.69) is 10.3 Å². The third kappa shape index (κ3) is 4.23. The molecule has 0 bridgehead atoms. The molecular formula is C19H17FN2O3S. The summed E-state index contributed by atoms with van der Waals surface area (Å²) < 4.78 is 19.0. The number of anilines is 1. The first-order chi connectivity index (χ1) is 12.6. The summed E-state index contributed by atoms with van der Waals surface area (Å²) in [5.41, 5.74) is 1.45. The Morgan fingerprint density at radius 1 is 1.23 bits per heavy atom. The maximum Gasteiger partial charge on any atom is 0.313 e. The lowest BCUT2D eigenvalue weighted by Crippen LogP contribution is -2.23. The normalized spacial score (nSPS) is 11.9. The molecule has 7 heteroatoms. The van der Waals surface area contributed by atoms with Crippen LogP contribution in [-0.4, -0.2) is 23.5 Å². The van der Waals surface area contributed by atoms with Crippen LogP contribution >= 0.6 is 11.3 Å². The minimum absolute atomic E-state index is 0.335. The summed E-state index contributed by atoms with van der Waals surface area (Å²) in [5.74, 6) is -1.70. The van der Waals surface area contributed by atoms with Gasteiger partial charge in [-0.3, -0.25) is 14.9 Å². The highest BCUT2D eigenvalue weighted by molar-refractivity contribution is 7.22. The number of nitrogens with zero attached hydrogens (tertiary/aromatic N) is 1. The number of benzene rings is 2. The number of nitrogens with one attached hydrogen (secondary N) is 1. The fourth-order valence-electron chi connectivity index (χ4n) is 2.57. The van der Waals surface area contributed by atoms with E-state index in [0.29, 0.717) is 21.8 Å². The molecule has 0 saturated heterocycles. The summed E-state index contributed by atoms with van der Waals surface area (Å²) in [5, 5.41) is 2.91. The zero-order chi connectivity index (χ0) is 18.5. The summed E-state index contributed by atoms with van der Waals surface area (Å²) in [6, 6.07) is 13.5. The van der Waals surface area contributed by atoms with E-state index in [1.165, 1.54) is 12.1 Å². The molecule has 1 aromatic heterocycles. The number of fused-ring (bicyclic) bond motifs is 1. The molecule has 0 spiro atoms. The minimum atomic E-state index is -0.485. The summed E-state index contributed by atoms with van der Waals surface area (Å²) in [6.45, 7) is 1.49. The molecule has 1 N–H and O–H groups in total. The Balaban J connectivity index is 1.58. The molecule has 26 heavy (non-hydrogen) atoms. The van der Waals surface area contributed by atoms with Crippen LogP contribution in [0.5, 0.6) is 0 Å². The number of esters is 1. The Morgan fingerprint density at radius 2 is 2.00 bits per heavy atom. The quantitative estimate of drug-likeness (QED) is 0.661. The van der Waals surface area contributed by atoms with Gasteiger partial charge in [0.15, 0.2) is 11.7 Å². The Hall–Kier alpha value is -2.80. The van der Waals surface area contributed by atoms with Crippen molar-refractivity contribution in [3.05, 3.63) is 59.9 Å². The van der Waals surface area contributed by atoms with Crippen molar-refractivity contribution in [3.8, 4) is 0 Å². The number of carbonyl (C=O) groups excluding carboxylic acids is 2. The average Bonchev–Trinajstić information content (AvgIpc) is 3.02. The number of thiazole rings is 1. The summed E-state index contributed by atoms with van der Waals surface area (Å²) in [4.78, 5) is 28.5. The van der Waals surface area contributed by atoms with Crippen LogP contribution in [0, 0.1) is 5.82 Å². The van der Waals surface area contributed by atoms with E-state index in [1.54, 1.807) is 6.07 Å². The lowest BCUT2D eigenvalue weighted by Gasteiger charge is -2.14. The molecule has 5 nitrogen and oxygen atoms in total. The smallest absolute Gasteiger partial charge is 0.313 e. The third-order valence-corrected chi connectivity index (χ3v) is 4.77. The first-order valence-corrected chi connectivity index (χ1v) is 8.96. The maximum absolute atomic E-state index is 13.2. The fourth-order valence-corrected chi connectivity index (χ4v) is 3.48. The Bertz CT molecular complexity index is 927. The first-order valence-electron chi connectivity index (χ1n) is 8.14. The van der Waals surface area contributed by atoms with Gasteiger partial charge in [0.05, 0.1) is 16.1 Å². The van der Waals surface area contributed by atoms with Gasteiger partial charge in [0.25, 0.3) is 5.91 Å². The van der Waals surface area contributed by atoms with Crippen molar-refractivity contribution < 1.29 is 18.7 Å². The summed E-state index contributed by atoms with van der Waals surface area (Å²) >= 11 is 1.16. The zero-order valence-electron chi connectivity index (χ0n) is 14.1. The molecule has 1 atom stereocenters. The molecule has 0 saturated carbocycles. The molecule has 2 aromatic carbocycles. The van der Waals surface area contributed by atoms with Gasteiger partial charge in [0.2, 0.25) is 0 Å². The molecular weight excluding hydrogens is 355 g/mol. The molecule has 1 heterocycles. The maximum atomic E-state index is 13.2. The van der Waals surface area contributed by atoms with Crippen LogP contribution in [0.3, 0.4) is 0 Å². The Labute approximate surface area is 153 Å². The number of aromatic nitrogens is 1. The monoisotopic (exact) mass is 372 g/mol. The van der Waals surface area contributed by atoms with Crippen molar-refractivity contribution in [3.63, 3.8) is 0 Å². The van der Waals surface area contributed by atoms with E-state index >= 15 is 0 Å². The fraction of sp³-hybridized carbons (Fsp3) is 0.211. The Morgan fingerprint density at radius 3 is 2.73 bits per heavy atom. The number of halogens is 1. The van der Waals surface area contributed by atoms with Crippen molar-refractivity contribution in [1.82, 2.24) is 4.98 Å². The van der Waals surface area contributed by atoms with Gasteiger partial charge in [0.1, 0.15) is 5.82 Å². The Kier molecular flexibility index (Phi) is 5.58. The molecule has 0 fully saturated rings. The SMILES string of the molecule is CC[C@@H](C(=O)OCC(=O)Nc1nc2ccc(F)cc2s1)c1ccccc1. The molecule has 134 valence electrons. The summed E-state index contributed by atoms with van der Waals surface area (Å²) in [6.07, 6.45) is 0.577. The van der Waals surface area contributed by atoms with Crippen LogP contribution in [0.15, 0.2) is 48.5 Å². The van der Waals surface area contributed by atoms with Crippen molar-refractivity contribution in [2.24, 2.45) is 0 Å². The van der Waals surface area contributed by atoms with E-state index in [1.807, 2.05) is 37.3 Å². The van der Waals surface area contributed by atoms with E-state index in [4.69, 9.17) is 4.74 Å². The molecule has 0 aliphatic heterocycles. The van der Waals surface area contributed by atoms with Crippen molar-refractivity contribution in [1.29, 1.82) is 0 Å². The molecule has 0 unspecified atom stereocenters. The second-order valence-corrected chi connectivity index (χ2v) is 6.69. The largest absolute Gasteiger partial charge is 0.455 e. The van der Waals surface area contributed by atoms with Crippen molar-refractivity contribution in [2.45, 2.75) is 19.3 Å². The van der Waals surface area contributed by atoms with Gasteiger partial charge < -0.3 is 4.74 Å². The number of hydrogen-bond acceptors (Lipinski definition) is 5. The van der Waals surface area contributed by atoms with Gasteiger partial charge in [-0.25, -0.2) is 9.37 Å². The number of amides is 1. The third-order valence-electron chi connectivity index (χ3n) is 3.84. The van der Waals surface area contributed by atoms with Crippen LogP contribution < -0.4 is 5.32 Å². The second kappa shape index (κ2) is 8.05. The predicted molar refractivity (Wildman–Crippen MR) is 98.6 cm³/mol. The number of rotatable bonds is 6. The van der Waals surface area contributed by atoms with Crippen LogP contribution in [0.25, 0.3) is 10.2 Å². The van der Waals surface area contributed by atoms with Crippen LogP contribution in [0.1, 0.15) is 24.8 Å². The van der Waals surface area contributed by atoms with Crippen molar-refractivity contribution >= 4 is 38.6 Å². The molecule has 0 aliphatic rings. The molecule has 0 aliphatic carbocycles. The van der Waals surface area contributed by atoms with E-state index in [9.17, 15) is 14.0 Å². The number of ether oxygens (including phenoxy) is 1.